The number of rotatable bonds is 3. The van der Waals surface area contributed by atoms with E-state index in [0.29, 0.717) is 5.69 Å². The molecule has 4 nitrogen and oxygen atoms in total. The van der Waals surface area contributed by atoms with Gasteiger partial charge in [-0.1, -0.05) is 42.5 Å². The van der Waals surface area contributed by atoms with Crippen molar-refractivity contribution in [2.45, 2.75) is 6.54 Å². The number of para-hydroxylation sites is 1. The predicted molar refractivity (Wildman–Crippen MR) is 115 cm³/mol. The molecule has 1 aliphatic heterocycles. The van der Waals surface area contributed by atoms with Gasteiger partial charge in [0.25, 0.3) is 5.91 Å². The highest BCUT2D eigenvalue weighted by molar-refractivity contribution is 7.17. The number of carbonyl (C=O) groups is 1. The van der Waals surface area contributed by atoms with Crippen LogP contribution in [0.5, 0.6) is 0 Å². The summed E-state index contributed by atoms with van der Waals surface area (Å²) in [6.45, 7) is 4.22. The molecular formula is C23H21N3OS. The molecule has 2 aromatic heterocycles. The van der Waals surface area contributed by atoms with Crippen molar-refractivity contribution in [3.05, 3.63) is 77.3 Å². The standard InChI is InChI=1S/C23H21N3OS/c27-23(21-10-9-17-5-1-3-7-20(17)24-21)26-13-11-25(12-14-26)15-18-16-28-22-8-4-2-6-19(18)22/h1-10,16H,11-15H2. The molecule has 4 aromatic rings. The van der Waals surface area contributed by atoms with Crippen molar-refractivity contribution >= 4 is 38.2 Å². The molecule has 0 spiro atoms. The third-order valence-electron chi connectivity index (χ3n) is 5.43. The Balaban J connectivity index is 1.25. The Hall–Kier alpha value is -2.76. The molecule has 140 valence electrons. The van der Waals surface area contributed by atoms with Crippen LogP contribution >= 0.6 is 11.3 Å². The summed E-state index contributed by atoms with van der Waals surface area (Å²) in [4.78, 5) is 21.8. The lowest BCUT2D eigenvalue weighted by Gasteiger charge is -2.34. The minimum absolute atomic E-state index is 0.0337. The zero-order valence-electron chi connectivity index (χ0n) is 15.5. The second kappa shape index (κ2) is 7.34. The Morgan fingerprint density at radius 1 is 0.929 bits per heavy atom. The van der Waals surface area contributed by atoms with Crippen molar-refractivity contribution in [3.63, 3.8) is 0 Å². The number of hydrogen-bond acceptors (Lipinski definition) is 4. The third kappa shape index (κ3) is 3.28. The van der Waals surface area contributed by atoms with Gasteiger partial charge < -0.3 is 4.90 Å². The lowest BCUT2D eigenvalue weighted by molar-refractivity contribution is 0.0623. The van der Waals surface area contributed by atoms with Crippen molar-refractivity contribution in [1.29, 1.82) is 0 Å². The van der Waals surface area contributed by atoms with E-state index in [4.69, 9.17) is 0 Å². The molecule has 1 fully saturated rings. The van der Waals surface area contributed by atoms with Gasteiger partial charge in [0.15, 0.2) is 0 Å². The van der Waals surface area contributed by atoms with E-state index in [-0.39, 0.29) is 5.91 Å². The Morgan fingerprint density at radius 3 is 2.61 bits per heavy atom. The molecule has 0 N–H and O–H groups in total. The molecule has 1 amide bonds. The number of carbonyl (C=O) groups excluding carboxylic acids is 1. The van der Waals surface area contributed by atoms with E-state index in [9.17, 15) is 4.79 Å². The summed E-state index contributed by atoms with van der Waals surface area (Å²) in [6.07, 6.45) is 0. The molecule has 0 radical (unpaired) electrons. The second-order valence-electron chi connectivity index (χ2n) is 7.21. The van der Waals surface area contributed by atoms with Crippen molar-refractivity contribution < 1.29 is 4.79 Å². The fourth-order valence-corrected chi connectivity index (χ4v) is 4.81. The third-order valence-corrected chi connectivity index (χ3v) is 6.44. The summed E-state index contributed by atoms with van der Waals surface area (Å²) in [6, 6.07) is 20.3. The summed E-state index contributed by atoms with van der Waals surface area (Å²) in [5.41, 5.74) is 2.80. The van der Waals surface area contributed by atoms with Crippen LogP contribution in [-0.4, -0.2) is 46.9 Å². The maximum absolute atomic E-state index is 12.9. The minimum Gasteiger partial charge on any atom is -0.335 e. The average Bonchev–Trinajstić information content (AvgIpc) is 3.16. The number of pyridine rings is 1. The molecule has 28 heavy (non-hydrogen) atoms. The molecule has 0 aliphatic carbocycles. The molecule has 0 bridgehead atoms. The van der Waals surface area contributed by atoms with Gasteiger partial charge >= 0.3 is 0 Å². The van der Waals surface area contributed by atoms with Gasteiger partial charge in [-0.3, -0.25) is 9.69 Å². The van der Waals surface area contributed by atoms with Crippen molar-refractivity contribution in [1.82, 2.24) is 14.8 Å². The maximum atomic E-state index is 12.9. The molecule has 0 unspecified atom stereocenters. The first-order valence-corrected chi connectivity index (χ1v) is 10.5. The van der Waals surface area contributed by atoms with Crippen LogP contribution in [0.15, 0.2) is 66.0 Å². The van der Waals surface area contributed by atoms with Crippen LogP contribution in [0.25, 0.3) is 21.0 Å². The van der Waals surface area contributed by atoms with E-state index >= 15 is 0 Å². The highest BCUT2D eigenvalue weighted by Crippen LogP contribution is 2.27. The first-order valence-electron chi connectivity index (χ1n) is 9.60. The molecule has 2 aromatic carbocycles. The van der Waals surface area contributed by atoms with Crippen LogP contribution in [0, 0.1) is 0 Å². The maximum Gasteiger partial charge on any atom is 0.272 e. The lowest BCUT2D eigenvalue weighted by atomic mass is 10.1. The normalized spacial score (nSPS) is 15.4. The number of thiophene rings is 1. The van der Waals surface area contributed by atoms with Crippen LogP contribution in [0.1, 0.15) is 16.1 Å². The topological polar surface area (TPSA) is 36.4 Å². The van der Waals surface area contributed by atoms with Crippen molar-refractivity contribution in [2.24, 2.45) is 0 Å². The van der Waals surface area contributed by atoms with E-state index in [2.05, 4.69) is 39.5 Å². The van der Waals surface area contributed by atoms with E-state index in [1.807, 2.05) is 41.3 Å². The van der Waals surface area contributed by atoms with Gasteiger partial charge in [0, 0.05) is 42.8 Å². The fraction of sp³-hybridized carbons (Fsp3) is 0.217. The molecule has 1 aliphatic rings. The van der Waals surface area contributed by atoms with Crippen molar-refractivity contribution in [3.8, 4) is 0 Å². The largest absolute Gasteiger partial charge is 0.335 e. The summed E-state index contributed by atoms with van der Waals surface area (Å²) >= 11 is 1.81. The monoisotopic (exact) mass is 387 g/mol. The number of aromatic nitrogens is 1. The molecule has 5 rings (SSSR count). The van der Waals surface area contributed by atoms with Gasteiger partial charge in [-0.2, -0.15) is 0 Å². The number of fused-ring (bicyclic) bond motifs is 2. The number of benzene rings is 2. The first kappa shape index (κ1) is 17.3. The van der Waals surface area contributed by atoms with Crippen LogP contribution < -0.4 is 0 Å². The SMILES string of the molecule is O=C(c1ccc2ccccc2n1)N1CCN(Cc2csc3ccccc23)CC1. The predicted octanol–water partition coefficient (Wildman–Crippen LogP) is 4.41. The molecular weight excluding hydrogens is 366 g/mol. The zero-order chi connectivity index (χ0) is 18.9. The minimum atomic E-state index is 0.0337. The summed E-state index contributed by atoms with van der Waals surface area (Å²) < 4.78 is 1.34. The smallest absolute Gasteiger partial charge is 0.272 e. The molecule has 0 saturated carbocycles. The molecule has 5 heteroatoms. The van der Waals surface area contributed by atoms with Crippen LogP contribution in [0.4, 0.5) is 0 Å². The molecule has 0 atom stereocenters. The van der Waals surface area contributed by atoms with Gasteiger partial charge in [0.05, 0.1) is 5.52 Å². The number of hydrogen-bond donors (Lipinski definition) is 0. The van der Waals surface area contributed by atoms with E-state index < -0.39 is 0 Å². The van der Waals surface area contributed by atoms with Gasteiger partial charge in [-0.25, -0.2) is 4.98 Å². The Bertz CT molecular complexity index is 1140. The Labute approximate surface area is 168 Å². The van der Waals surface area contributed by atoms with Gasteiger partial charge in [0.2, 0.25) is 0 Å². The fourth-order valence-electron chi connectivity index (χ4n) is 3.85. The van der Waals surface area contributed by atoms with Crippen molar-refractivity contribution in [2.75, 3.05) is 26.2 Å². The van der Waals surface area contributed by atoms with E-state index in [0.717, 1.165) is 43.6 Å². The van der Waals surface area contributed by atoms with Crippen LogP contribution in [0.2, 0.25) is 0 Å². The quantitative estimate of drug-likeness (QED) is 0.523. The molecule has 1 saturated heterocycles. The summed E-state index contributed by atoms with van der Waals surface area (Å²) in [5.74, 6) is 0.0337. The highest BCUT2D eigenvalue weighted by Gasteiger charge is 2.23. The molecule has 3 heterocycles. The van der Waals surface area contributed by atoms with Crippen LogP contribution in [0.3, 0.4) is 0 Å². The zero-order valence-corrected chi connectivity index (χ0v) is 16.4. The average molecular weight is 388 g/mol. The van der Waals surface area contributed by atoms with Gasteiger partial charge in [0.1, 0.15) is 5.69 Å². The van der Waals surface area contributed by atoms with E-state index in [1.54, 1.807) is 11.3 Å². The van der Waals surface area contributed by atoms with E-state index in [1.165, 1.54) is 15.6 Å². The second-order valence-corrected chi connectivity index (χ2v) is 8.13. The number of nitrogens with zero attached hydrogens (tertiary/aromatic N) is 3. The lowest BCUT2D eigenvalue weighted by Crippen LogP contribution is -2.48. The summed E-state index contributed by atoms with van der Waals surface area (Å²) in [7, 11) is 0. The number of amides is 1. The first-order chi connectivity index (χ1) is 13.8. The van der Waals surface area contributed by atoms with Gasteiger partial charge in [-0.05, 0) is 34.5 Å². The number of piperazine rings is 1. The van der Waals surface area contributed by atoms with Gasteiger partial charge in [-0.15, -0.1) is 11.3 Å². The highest BCUT2D eigenvalue weighted by atomic mass is 32.1. The summed E-state index contributed by atoms with van der Waals surface area (Å²) in [5, 5.41) is 4.68. The Kier molecular flexibility index (Phi) is 4.55. The van der Waals surface area contributed by atoms with Crippen LogP contribution in [-0.2, 0) is 6.54 Å². The Morgan fingerprint density at radius 2 is 1.71 bits per heavy atom.